The molecule has 0 saturated carbocycles. The van der Waals surface area contributed by atoms with Gasteiger partial charge in [-0.05, 0) is 0 Å². The van der Waals surface area contributed by atoms with Crippen LogP contribution in [0.5, 0.6) is 11.5 Å². The van der Waals surface area contributed by atoms with Gasteiger partial charge in [-0.1, -0.05) is 0 Å². The molecule has 0 aromatic heterocycles. The molecule has 36 heavy (non-hydrogen) atoms. The van der Waals surface area contributed by atoms with Crippen molar-refractivity contribution in [3.63, 3.8) is 0 Å². The van der Waals surface area contributed by atoms with Crippen molar-refractivity contribution in [1.82, 2.24) is 0 Å². The Labute approximate surface area is 227 Å². The minimum atomic E-state index is -2.21. The van der Waals surface area contributed by atoms with Crippen LogP contribution in [0.15, 0.2) is 146 Å². The van der Waals surface area contributed by atoms with Crippen LogP contribution in [-0.4, -0.2) is 30.2 Å². The molecule has 0 aliphatic carbocycles. The van der Waals surface area contributed by atoms with Gasteiger partial charge in [0.05, 0.1) is 0 Å². The van der Waals surface area contributed by atoms with Gasteiger partial charge in [0.1, 0.15) is 0 Å². The molecule has 0 spiro atoms. The van der Waals surface area contributed by atoms with Crippen LogP contribution in [0, 0.1) is 0 Å². The van der Waals surface area contributed by atoms with Gasteiger partial charge in [0.2, 0.25) is 0 Å². The van der Waals surface area contributed by atoms with E-state index in [1.165, 1.54) is 0 Å². The summed E-state index contributed by atoms with van der Waals surface area (Å²) in [6, 6.07) is 49.5. The van der Waals surface area contributed by atoms with Crippen molar-refractivity contribution in [2.24, 2.45) is 0 Å². The van der Waals surface area contributed by atoms with Crippen LogP contribution in [0.2, 0.25) is 0 Å². The van der Waals surface area contributed by atoms with E-state index in [0.29, 0.717) is 0 Å². The molecular weight excluding hydrogens is 612 g/mol. The van der Waals surface area contributed by atoms with E-state index in [1.54, 1.807) is 0 Å². The third kappa shape index (κ3) is 5.46. The van der Waals surface area contributed by atoms with Crippen molar-refractivity contribution in [2.75, 3.05) is 0 Å². The molecule has 0 fully saturated rings. The van der Waals surface area contributed by atoms with Crippen molar-refractivity contribution >= 4 is 62.9 Å². The molecule has 178 valence electrons. The van der Waals surface area contributed by atoms with Crippen LogP contribution in [0.3, 0.4) is 0 Å². The van der Waals surface area contributed by atoms with Gasteiger partial charge in [-0.2, -0.15) is 0 Å². The summed E-state index contributed by atoms with van der Waals surface area (Å²) in [4.78, 5) is 0. The Bertz CT molecular complexity index is 1300. The van der Waals surface area contributed by atoms with Crippen LogP contribution in [0.4, 0.5) is 0 Å². The van der Waals surface area contributed by atoms with E-state index in [0.717, 1.165) is 32.7 Å². The van der Waals surface area contributed by atoms with E-state index in [-0.39, 0.29) is 0 Å². The topological polar surface area (TPSA) is 18.5 Å². The second-order valence-corrected chi connectivity index (χ2v) is 19.2. The Kier molecular flexibility index (Phi) is 7.95. The summed E-state index contributed by atoms with van der Waals surface area (Å²) in [7, 11) is 0. The van der Waals surface area contributed by atoms with Crippen LogP contribution in [0.25, 0.3) is 0 Å². The predicted molar refractivity (Wildman–Crippen MR) is 157 cm³/mol. The monoisotopic (exact) mass is 638 g/mol. The number of benzene rings is 5. The van der Waals surface area contributed by atoms with Crippen LogP contribution in [0.1, 0.15) is 0 Å². The molecule has 0 amide bonds. The van der Waals surface area contributed by atoms with Gasteiger partial charge in [0.25, 0.3) is 0 Å². The van der Waals surface area contributed by atoms with Crippen molar-refractivity contribution in [1.29, 1.82) is 0 Å². The van der Waals surface area contributed by atoms with Gasteiger partial charge >= 0.3 is 229 Å². The van der Waals surface area contributed by atoms with Crippen molar-refractivity contribution in [3.8, 4) is 11.5 Å². The fraction of sp³-hybridized carbons (Fsp3) is 0. The van der Waals surface area contributed by atoms with E-state index in [1.807, 2.05) is 48.5 Å². The molecule has 0 aliphatic rings. The Balaban J connectivity index is 1.46. The Hall–Kier alpha value is -2.40. The summed E-state index contributed by atoms with van der Waals surface area (Å²) in [6.45, 7) is 0. The Morgan fingerprint density at radius 3 is 0.778 bits per heavy atom. The summed E-state index contributed by atoms with van der Waals surface area (Å²) < 4.78 is 13.5. The molecule has 0 bridgehead atoms. The molecule has 0 N–H and O–H groups in total. The van der Waals surface area contributed by atoms with E-state index >= 15 is 0 Å². The molecule has 5 aromatic rings. The van der Waals surface area contributed by atoms with Crippen LogP contribution < -0.4 is 30.3 Å². The number of hydrogen-bond donors (Lipinski definition) is 0. The third-order valence-corrected chi connectivity index (χ3v) is 16.8. The Morgan fingerprint density at radius 1 is 0.333 bits per heavy atom. The van der Waals surface area contributed by atoms with E-state index < -0.39 is 11.5 Å². The van der Waals surface area contributed by atoms with Crippen molar-refractivity contribution in [2.45, 2.75) is 0 Å². The van der Waals surface area contributed by atoms with Gasteiger partial charge in [-0.25, -0.2) is 0 Å². The molecule has 0 atom stereocenters. The second kappa shape index (κ2) is 11.3. The molecule has 0 unspecified atom stereocenters. The molecule has 0 saturated heterocycles. The van der Waals surface area contributed by atoms with E-state index in [2.05, 4.69) is 127 Å². The molecule has 0 heterocycles. The fourth-order valence-electron chi connectivity index (χ4n) is 3.86. The maximum atomic E-state index is 6.73. The van der Waals surface area contributed by atoms with Gasteiger partial charge < -0.3 is 0 Å². The first-order valence-corrected chi connectivity index (χ1v) is 19.3. The molecular formula is C30H24O2P2Se2. The average Bonchev–Trinajstić information content (AvgIpc) is 2.96. The Morgan fingerprint density at radius 2 is 0.556 bits per heavy atom. The predicted octanol–water partition coefficient (Wildman–Crippen LogP) is 5.78. The first-order valence-electron chi connectivity index (χ1n) is 11.5. The first kappa shape index (κ1) is 25.3. The summed E-state index contributed by atoms with van der Waals surface area (Å²) in [5.74, 6) is 1.59. The normalized spacial score (nSPS) is 11.6. The average molecular weight is 636 g/mol. The molecule has 6 heteroatoms. The van der Waals surface area contributed by atoms with Crippen molar-refractivity contribution < 1.29 is 9.05 Å². The number of rotatable bonds is 8. The molecule has 5 aromatic carbocycles. The fourth-order valence-corrected chi connectivity index (χ4v) is 12.1. The maximum absolute atomic E-state index is 6.73. The van der Waals surface area contributed by atoms with E-state index in [4.69, 9.17) is 9.05 Å². The zero-order chi connectivity index (χ0) is 24.8. The third-order valence-electron chi connectivity index (χ3n) is 5.68. The zero-order valence-corrected chi connectivity index (χ0v) is 24.6. The SMILES string of the molecule is [Se]=P(Oc1ccc(OP(=[Se])(c2ccccc2)c2ccccc2)cc1)(c1ccccc1)c1ccccc1. The molecule has 0 radical (unpaired) electrons. The summed E-state index contributed by atoms with van der Waals surface area (Å²) in [6.07, 6.45) is 0. The first-order chi connectivity index (χ1) is 17.6. The summed E-state index contributed by atoms with van der Waals surface area (Å²) in [5, 5.41) is 4.60. The van der Waals surface area contributed by atoms with Crippen LogP contribution in [-0.2, 0) is 0 Å². The quantitative estimate of drug-likeness (QED) is 0.159. The van der Waals surface area contributed by atoms with Gasteiger partial charge in [0, 0.05) is 0 Å². The summed E-state index contributed by atoms with van der Waals surface area (Å²) in [5.41, 5.74) is -4.43. The number of hydrogen-bond acceptors (Lipinski definition) is 2. The van der Waals surface area contributed by atoms with Crippen LogP contribution >= 0.6 is 11.5 Å². The zero-order valence-electron chi connectivity index (χ0n) is 19.4. The second-order valence-electron chi connectivity index (χ2n) is 8.10. The standard InChI is InChI=1S/C30H24O2P2Se2/c35-33(27-13-5-1-6-14-27,28-15-7-2-8-16-28)31-25-21-23-26(24-22-25)32-34(36,29-17-9-3-10-18-29)30-19-11-4-12-20-30/h1-24H. The molecule has 5 rings (SSSR count). The van der Waals surface area contributed by atoms with Gasteiger partial charge in [-0.15, -0.1) is 0 Å². The summed E-state index contributed by atoms with van der Waals surface area (Å²) >= 11 is 6.85. The molecule has 2 nitrogen and oxygen atoms in total. The van der Waals surface area contributed by atoms with Gasteiger partial charge in [-0.3, -0.25) is 0 Å². The van der Waals surface area contributed by atoms with Gasteiger partial charge in [0.15, 0.2) is 0 Å². The van der Waals surface area contributed by atoms with Crippen molar-refractivity contribution in [3.05, 3.63) is 146 Å². The van der Waals surface area contributed by atoms with E-state index in [9.17, 15) is 0 Å². The minimum absolute atomic E-state index is 0.797. The molecule has 0 aliphatic heterocycles.